The van der Waals surface area contributed by atoms with Crippen molar-refractivity contribution in [1.82, 2.24) is 9.38 Å². The summed E-state index contributed by atoms with van der Waals surface area (Å²) in [7, 11) is 0. The van der Waals surface area contributed by atoms with Gasteiger partial charge in [0.15, 0.2) is 5.76 Å². The first-order valence-electron chi connectivity index (χ1n) is 7.30. The first kappa shape index (κ1) is 14.2. The van der Waals surface area contributed by atoms with Gasteiger partial charge in [-0.15, -0.1) is 0 Å². The number of nitrogens with zero attached hydrogens (tertiary/aromatic N) is 2. The fourth-order valence-electron chi connectivity index (χ4n) is 2.53. The Morgan fingerprint density at radius 3 is 2.83 bits per heavy atom. The van der Waals surface area contributed by atoms with Crippen LogP contribution in [0.4, 0.5) is 10.2 Å². The molecule has 3 aromatic heterocycles. The molecule has 0 fully saturated rings. The summed E-state index contributed by atoms with van der Waals surface area (Å²) in [6.07, 6.45) is 3.21. The minimum Gasteiger partial charge on any atom is -0.459 e. The Morgan fingerprint density at radius 2 is 2.04 bits per heavy atom. The summed E-state index contributed by atoms with van der Waals surface area (Å²) in [5.74, 6) is -0.125. The van der Waals surface area contributed by atoms with Crippen molar-refractivity contribution in [2.24, 2.45) is 0 Å². The van der Waals surface area contributed by atoms with Gasteiger partial charge in [0.25, 0.3) is 5.91 Å². The highest BCUT2D eigenvalue weighted by atomic mass is 19.1. The van der Waals surface area contributed by atoms with Crippen LogP contribution in [0, 0.1) is 5.82 Å². The van der Waals surface area contributed by atoms with E-state index in [1.807, 2.05) is 18.2 Å². The fourth-order valence-corrected chi connectivity index (χ4v) is 2.53. The Morgan fingerprint density at radius 1 is 1.12 bits per heavy atom. The molecular formula is C18H12FN3O2. The van der Waals surface area contributed by atoms with E-state index in [4.69, 9.17) is 4.42 Å². The molecule has 0 saturated heterocycles. The maximum Gasteiger partial charge on any atom is 0.292 e. The van der Waals surface area contributed by atoms with Crippen molar-refractivity contribution >= 4 is 17.4 Å². The van der Waals surface area contributed by atoms with E-state index in [0.717, 1.165) is 0 Å². The van der Waals surface area contributed by atoms with Crippen molar-refractivity contribution in [3.8, 4) is 11.3 Å². The molecule has 0 unspecified atom stereocenters. The van der Waals surface area contributed by atoms with Gasteiger partial charge in [-0.05, 0) is 36.4 Å². The zero-order valence-corrected chi connectivity index (χ0v) is 12.4. The Kier molecular flexibility index (Phi) is 3.35. The highest BCUT2D eigenvalue weighted by Gasteiger charge is 2.18. The number of halogens is 1. The molecule has 0 atom stereocenters. The molecule has 0 spiro atoms. The van der Waals surface area contributed by atoms with Gasteiger partial charge in [-0.25, -0.2) is 9.37 Å². The second-order valence-corrected chi connectivity index (χ2v) is 5.18. The number of carbonyl (C=O) groups is 1. The number of benzene rings is 1. The van der Waals surface area contributed by atoms with Gasteiger partial charge >= 0.3 is 0 Å². The number of imidazole rings is 1. The molecule has 1 aromatic carbocycles. The first-order chi connectivity index (χ1) is 11.7. The Hall–Kier alpha value is -3.41. The summed E-state index contributed by atoms with van der Waals surface area (Å²) >= 11 is 0. The zero-order valence-electron chi connectivity index (χ0n) is 12.4. The number of furan rings is 1. The molecule has 6 heteroatoms. The van der Waals surface area contributed by atoms with Gasteiger partial charge in [0.2, 0.25) is 0 Å². The average molecular weight is 321 g/mol. The standard InChI is InChI=1S/C18H12FN3O2/c19-13-6-3-5-12(11-13)16-17(21-18(23)14-7-4-10-24-14)22-9-2-1-8-15(22)20-16/h1-11H,(H,21,23). The maximum atomic E-state index is 13.6. The van der Waals surface area contributed by atoms with E-state index in [2.05, 4.69) is 10.3 Å². The number of carbonyl (C=O) groups excluding carboxylic acids is 1. The summed E-state index contributed by atoms with van der Waals surface area (Å²) in [5.41, 5.74) is 1.71. The average Bonchev–Trinajstić information content (AvgIpc) is 3.23. The third-order valence-corrected chi connectivity index (χ3v) is 3.60. The third-order valence-electron chi connectivity index (χ3n) is 3.60. The minimum absolute atomic E-state index is 0.186. The summed E-state index contributed by atoms with van der Waals surface area (Å²) < 4.78 is 20.4. The van der Waals surface area contributed by atoms with Crippen LogP contribution in [0.15, 0.2) is 71.5 Å². The second-order valence-electron chi connectivity index (χ2n) is 5.18. The van der Waals surface area contributed by atoms with Crippen LogP contribution < -0.4 is 5.32 Å². The van der Waals surface area contributed by atoms with Gasteiger partial charge in [-0.2, -0.15) is 0 Å². The molecule has 4 aromatic rings. The molecular weight excluding hydrogens is 309 g/mol. The highest BCUT2D eigenvalue weighted by Crippen LogP contribution is 2.29. The number of hydrogen-bond donors (Lipinski definition) is 1. The van der Waals surface area contributed by atoms with Crippen molar-refractivity contribution in [3.05, 3.63) is 78.6 Å². The number of nitrogens with one attached hydrogen (secondary N) is 1. The number of fused-ring (bicyclic) bond motifs is 1. The zero-order chi connectivity index (χ0) is 16.5. The van der Waals surface area contributed by atoms with Crippen LogP contribution in [-0.2, 0) is 0 Å². The normalized spacial score (nSPS) is 10.9. The van der Waals surface area contributed by atoms with Gasteiger partial charge in [-0.3, -0.25) is 9.20 Å². The summed E-state index contributed by atoms with van der Waals surface area (Å²) in [4.78, 5) is 16.9. The van der Waals surface area contributed by atoms with Gasteiger partial charge in [0.1, 0.15) is 23.0 Å². The summed E-state index contributed by atoms with van der Waals surface area (Å²) in [6, 6.07) is 14.8. The molecule has 24 heavy (non-hydrogen) atoms. The van der Waals surface area contributed by atoms with Crippen LogP contribution in [0.1, 0.15) is 10.6 Å². The van der Waals surface area contributed by atoms with Crippen LogP contribution >= 0.6 is 0 Å². The second kappa shape index (κ2) is 5.66. The summed E-state index contributed by atoms with van der Waals surface area (Å²) in [6.45, 7) is 0. The van der Waals surface area contributed by atoms with Crippen LogP contribution in [0.2, 0.25) is 0 Å². The fraction of sp³-hybridized carbons (Fsp3) is 0. The quantitative estimate of drug-likeness (QED) is 0.621. The molecule has 1 N–H and O–H groups in total. The Balaban J connectivity index is 1.86. The number of hydrogen-bond acceptors (Lipinski definition) is 3. The van der Waals surface area contributed by atoms with Crippen LogP contribution in [0.3, 0.4) is 0 Å². The molecule has 0 aliphatic heterocycles. The lowest BCUT2D eigenvalue weighted by Crippen LogP contribution is -2.13. The lowest BCUT2D eigenvalue weighted by atomic mass is 10.1. The molecule has 1 amide bonds. The maximum absolute atomic E-state index is 13.6. The number of rotatable bonds is 3. The lowest BCUT2D eigenvalue weighted by Gasteiger charge is -2.06. The van der Waals surface area contributed by atoms with Crippen molar-refractivity contribution < 1.29 is 13.6 Å². The van der Waals surface area contributed by atoms with Crippen molar-refractivity contribution in [1.29, 1.82) is 0 Å². The molecule has 0 aliphatic rings. The van der Waals surface area contributed by atoms with Gasteiger partial charge in [0, 0.05) is 11.8 Å². The molecule has 0 aliphatic carbocycles. The predicted molar refractivity (Wildman–Crippen MR) is 87.2 cm³/mol. The van der Waals surface area contributed by atoms with Crippen molar-refractivity contribution in [2.75, 3.05) is 5.32 Å². The molecule has 3 heterocycles. The largest absolute Gasteiger partial charge is 0.459 e. The lowest BCUT2D eigenvalue weighted by molar-refractivity contribution is 0.0996. The summed E-state index contributed by atoms with van der Waals surface area (Å²) in [5, 5.41) is 2.80. The van der Waals surface area contributed by atoms with Crippen molar-refractivity contribution in [2.45, 2.75) is 0 Å². The molecule has 118 valence electrons. The van der Waals surface area contributed by atoms with Gasteiger partial charge < -0.3 is 9.73 Å². The molecule has 4 rings (SSSR count). The number of amides is 1. The van der Waals surface area contributed by atoms with E-state index in [9.17, 15) is 9.18 Å². The van der Waals surface area contributed by atoms with Crippen LogP contribution in [0.5, 0.6) is 0 Å². The third kappa shape index (κ3) is 2.44. The van der Waals surface area contributed by atoms with E-state index >= 15 is 0 Å². The van der Waals surface area contributed by atoms with Crippen LogP contribution in [-0.4, -0.2) is 15.3 Å². The Labute approximate surface area is 136 Å². The van der Waals surface area contributed by atoms with E-state index in [-0.39, 0.29) is 11.6 Å². The van der Waals surface area contributed by atoms with Gasteiger partial charge in [0.05, 0.1) is 6.26 Å². The smallest absolute Gasteiger partial charge is 0.292 e. The van der Waals surface area contributed by atoms with Crippen LogP contribution in [0.25, 0.3) is 16.9 Å². The first-order valence-corrected chi connectivity index (χ1v) is 7.30. The molecule has 5 nitrogen and oxygen atoms in total. The van der Waals surface area contributed by atoms with E-state index in [0.29, 0.717) is 22.7 Å². The topological polar surface area (TPSA) is 59.5 Å². The van der Waals surface area contributed by atoms with E-state index < -0.39 is 5.91 Å². The monoisotopic (exact) mass is 321 g/mol. The van der Waals surface area contributed by atoms with Gasteiger partial charge in [-0.1, -0.05) is 18.2 Å². The Bertz CT molecular complexity index is 1020. The van der Waals surface area contributed by atoms with E-state index in [1.54, 1.807) is 34.9 Å². The number of pyridine rings is 1. The molecule has 0 bridgehead atoms. The number of aromatic nitrogens is 2. The SMILES string of the molecule is O=C(Nc1c(-c2cccc(F)c2)nc2ccccn12)c1ccco1. The molecule has 0 radical (unpaired) electrons. The molecule has 0 saturated carbocycles. The minimum atomic E-state index is -0.400. The highest BCUT2D eigenvalue weighted by molar-refractivity contribution is 6.04. The van der Waals surface area contributed by atoms with E-state index in [1.165, 1.54) is 18.4 Å². The number of anilines is 1. The van der Waals surface area contributed by atoms with Crippen molar-refractivity contribution in [3.63, 3.8) is 0 Å². The predicted octanol–water partition coefficient (Wildman–Crippen LogP) is 3.99.